The van der Waals surface area contributed by atoms with Crippen molar-refractivity contribution in [3.63, 3.8) is 0 Å². The van der Waals surface area contributed by atoms with Crippen molar-refractivity contribution in [3.05, 3.63) is 36.0 Å². The molecule has 1 aliphatic heterocycles. The normalized spacial score (nSPS) is 24.7. The zero-order chi connectivity index (χ0) is 24.9. The van der Waals surface area contributed by atoms with Crippen molar-refractivity contribution < 1.29 is 19.1 Å². The molecule has 1 aliphatic carbocycles. The van der Waals surface area contributed by atoms with E-state index in [4.69, 9.17) is 4.74 Å². The Labute approximate surface area is 217 Å². The van der Waals surface area contributed by atoms with E-state index in [1.165, 1.54) is 35.1 Å². The molecule has 2 aromatic heterocycles. The summed E-state index contributed by atoms with van der Waals surface area (Å²) >= 11 is 4.37. The van der Waals surface area contributed by atoms with Crippen molar-refractivity contribution in [3.8, 4) is 0 Å². The van der Waals surface area contributed by atoms with Crippen LogP contribution in [0.15, 0.2) is 34.6 Å². The first kappa shape index (κ1) is 25.8. The van der Waals surface area contributed by atoms with Gasteiger partial charge in [-0.15, -0.1) is 11.8 Å². The van der Waals surface area contributed by atoms with Crippen LogP contribution in [-0.2, 0) is 14.3 Å². The first-order chi connectivity index (χ1) is 16.9. The Hall–Kier alpha value is -2.28. The Bertz CT molecular complexity index is 1050. The molecule has 0 spiro atoms. The third-order valence-corrected chi connectivity index (χ3v) is 9.67. The van der Waals surface area contributed by atoms with Crippen LogP contribution >= 0.6 is 34.6 Å². The smallest absolute Gasteiger partial charge is 0.259 e. The second-order valence-corrected chi connectivity index (χ2v) is 11.9. The fourth-order valence-corrected chi connectivity index (χ4v) is 7.44. The monoisotopic (exact) mass is 535 g/mol. The van der Waals surface area contributed by atoms with E-state index in [1.807, 2.05) is 4.90 Å². The van der Waals surface area contributed by atoms with E-state index >= 15 is 0 Å². The minimum atomic E-state index is -0.228. The van der Waals surface area contributed by atoms with Crippen LogP contribution in [0.2, 0.25) is 0 Å². The second kappa shape index (κ2) is 11.6. The van der Waals surface area contributed by atoms with E-state index < -0.39 is 0 Å². The van der Waals surface area contributed by atoms with E-state index in [-0.39, 0.29) is 35.0 Å². The van der Waals surface area contributed by atoms with Crippen LogP contribution in [0, 0.1) is 11.8 Å². The van der Waals surface area contributed by atoms with Crippen LogP contribution in [-0.4, -0.2) is 81.5 Å². The number of hydrogen-bond acceptors (Lipinski definition) is 9. The highest BCUT2D eigenvalue weighted by atomic mass is 32.2. The molecular formula is C23H29N5O4S3. The van der Waals surface area contributed by atoms with Gasteiger partial charge < -0.3 is 14.5 Å². The van der Waals surface area contributed by atoms with Crippen molar-refractivity contribution in [2.75, 3.05) is 38.6 Å². The number of thiazole rings is 1. The lowest BCUT2D eigenvalue weighted by atomic mass is 9.79. The molecule has 1 saturated carbocycles. The number of methoxy groups -OCH3 is 1. The topological polar surface area (TPSA) is 105 Å². The van der Waals surface area contributed by atoms with Crippen molar-refractivity contribution in [1.82, 2.24) is 19.2 Å². The quantitative estimate of drug-likeness (QED) is 0.543. The SMILES string of the molecule is C=CC(=O)N1CCN(C(=O)C2CC(Sc3cnc(NC(=O)c4cnsc4)s3)C(C)CC2OC)CC1. The minimum absolute atomic E-state index is 0.0954. The van der Waals surface area contributed by atoms with Gasteiger partial charge in [0.1, 0.15) is 0 Å². The van der Waals surface area contributed by atoms with Crippen LogP contribution in [0.5, 0.6) is 0 Å². The predicted octanol–water partition coefficient (Wildman–Crippen LogP) is 3.23. The molecule has 2 aromatic rings. The van der Waals surface area contributed by atoms with Crippen molar-refractivity contribution in [2.45, 2.75) is 35.3 Å². The van der Waals surface area contributed by atoms with Crippen molar-refractivity contribution in [1.29, 1.82) is 0 Å². The molecule has 4 rings (SSSR count). The maximum atomic E-state index is 13.5. The maximum Gasteiger partial charge on any atom is 0.259 e. The number of thioether (sulfide) groups is 1. The molecule has 3 amide bonds. The van der Waals surface area contributed by atoms with E-state index in [0.29, 0.717) is 49.2 Å². The van der Waals surface area contributed by atoms with E-state index in [0.717, 1.165) is 10.6 Å². The number of amides is 3. The first-order valence-electron chi connectivity index (χ1n) is 11.5. The molecule has 0 bridgehead atoms. The molecule has 0 radical (unpaired) electrons. The minimum Gasteiger partial charge on any atom is -0.381 e. The third kappa shape index (κ3) is 6.11. The lowest BCUT2D eigenvalue weighted by Crippen LogP contribution is -2.54. The predicted molar refractivity (Wildman–Crippen MR) is 138 cm³/mol. The zero-order valence-corrected chi connectivity index (χ0v) is 22.2. The Balaban J connectivity index is 1.37. The van der Waals surface area contributed by atoms with Crippen LogP contribution in [0.4, 0.5) is 5.13 Å². The molecule has 2 fully saturated rings. The molecule has 4 atom stereocenters. The van der Waals surface area contributed by atoms with Crippen LogP contribution < -0.4 is 5.32 Å². The molecule has 35 heavy (non-hydrogen) atoms. The van der Waals surface area contributed by atoms with Crippen LogP contribution in [0.25, 0.3) is 0 Å². The standard InChI is InChI=1S/C23H29N5O4S3/c1-4-19(29)27-5-7-28(8-6-27)22(31)16-10-18(14(2)9-17(16)32-3)34-20-12-24-23(35-20)26-21(30)15-11-25-33-13-15/h4,11-14,16-18H,1,5-10H2,2-3H3,(H,24,26,30). The fraction of sp³-hybridized carbons (Fsp3) is 0.522. The van der Waals surface area contributed by atoms with Crippen molar-refractivity contribution >= 4 is 57.5 Å². The third-order valence-electron chi connectivity index (χ3n) is 6.54. The van der Waals surface area contributed by atoms with E-state index in [2.05, 4.69) is 28.2 Å². The number of nitrogens with zero attached hydrogens (tertiary/aromatic N) is 4. The highest BCUT2D eigenvalue weighted by molar-refractivity contribution is 8.01. The molecule has 0 aromatic carbocycles. The number of aromatic nitrogens is 2. The van der Waals surface area contributed by atoms with E-state index in [9.17, 15) is 14.4 Å². The van der Waals surface area contributed by atoms with Gasteiger partial charge in [-0.1, -0.05) is 24.8 Å². The van der Waals surface area contributed by atoms with Gasteiger partial charge in [0.05, 0.1) is 34.2 Å². The molecule has 188 valence electrons. The number of anilines is 1. The molecule has 12 heteroatoms. The van der Waals surface area contributed by atoms with Crippen LogP contribution in [0.1, 0.15) is 30.1 Å². The largest absolute Gasteiger partial charge is 0.381 e. The molecule has 1 N–H and O–H groups in total. The van der Waals surface area contributed by atoms with Crippen LogP contribution in [0.3, 0.4) is 0 Å². The Morgan fingerprint density at radius 2 is 1.94 bits per heavy atom. The van der Waals surface area contributed by atoms with E-state index in [1.54, 1.807) is 35.3 Å². The van der Waals surface area contributed by atoms with Gasteiger partial charge in [0.15, 0.2) is 5.13 Å². The van der Waals surface area contributed by atoms with Gasteiger partial charge in [-0.05, 0) is 36.4 Å². The van der Waals surface area contributed by atoms with Crippen molar-refractivity contribution in [2.24, 2.45) is 11.8 Å². The maximum absolute atomic E-state index is 13.5. The summed E-state index contributed by atoms with van der Waals surface area (Å²) in [5, 5.41) is 5.29. The van der Waals surface area contributed by atoms with Gasteiger partial charge >= 0.3 is 0 Å². The second-order valence-electron chi connectivity index (χ2n) is 8.69. The first-order valence-corrected chi connectivity index (χ1v) is 14.0. The molecule has 3 heterocycles. The van der Waals surface area contributed by atoms with Gasteiger partial charge in [0, 0.05) is 43.9 Å². The molecule has 4 unspecified atom stereocenters. The summed E-state index contributed by atoms with van der Waals surface area (Å²) in [5.74, 6) is -0.0931. The fourth-order valence-electron chi connectivity index (χ4n) is 4.52. The summed E-state index contributed by atoms with van der Waals surface area (Å²) in [5.41, 5.74) is 0.516. The average molecular weight is 536 g/mol. The average Bonchev–Trinajstić information content (AvgIpc) is 3.57. The Morgan fingerprint density at radius 1 is 1.20 bits per heavy atom. The van der Waals surface area contributed by atoms with Gasteiger partial charge in [0.25, 0.3) is 5.91 Å². The van der Waals surface area contributed by atoms with Gasteiger partial charge in [-0.3, -0.25) is 19.7 Å². The highest BCUT2D eigenvalue weighted by Gasteiger charge is 2.42. The van der Waals surface area contributed by atoms with Gasteiger partial charge in [0.2, 0.25) is 11.8 Å². The number of ether oxygens (including phenoxy) is 1. The van der Waals surface area contributed by atoms with Gasteiger partial charge in [-0.25, -0.2) is 9.36 Å². The summed E-state index contributed by atoms with van der Waals surface area (Å²) in [7, 11) is 1.67. The lowest BCUT2D eigenvalue weighted by molar-refractivity contribution is -0.146. The lowest BCUT2D eigenvalue weighted by Gasteiger charge is -2.42. The summed E-state index contributed by atoms with van der Waals surface area (Å²) in [6.45, 7) is 7.82. The molecule has 1 saturated heterocycles. The Kier molecular flexibility index (Phi) is 8.58. The summed E-state index contributed by atoms with van der Waals surface area (Å²) in [6.07, 6.45) is 6.00. The highest BCUT2D eigenvalue weighted by Crippen LogP contribution is 2.43. The van der Waals surface area contributed by atoms with Gasteiger partial charge in [-0.2, -0.15) is 0 Å². The molecular weight excluding hydrogens is 506 g/mol. The number of hydrogen-bond donors (Lipinski definition) is 1. The summed E-state index contributed by atoms with van der Waals surface area (Å²) in [4.78, 5) is 45.5. The number of nitrogens with one attached hydrogen (secondary N) is 1. The zero-order valence-electron chi connectivity index (χ0n) is 19.7. The molecule has 9 nitrogen and oxygen atoms in total. The number of carbonyl (C=O) groups excluding carboxylic acids is 3. The summed E-state index contributed by atoms with van der Waals surface area (Å²) in [6, 6.07) is 0. The number of piperazine rings is 1. The summed E-state index contributed by atoms with van der Waals surface area (Å²) < 4.78 is 10.7. The Morgan fingerprint density at radius 3 is 2.60 bits per heavy atom. The molecule has 2 aliphatic rings. The number of carbonyl (C=O) groups is 3. The number of rotatable bonds is 7.